The predicted octanol–water partition coefficient (Wildman–Crippen LogP) is 3.05. The fourth-order valence-electron chi connectivity index (χ4n) is 1.75. The summed E-state index contributed by atoms with van der Waals surface area (Å²) in [4.78, 5) is 22.4. The Labute approximate surface area is 128 Å². The smallest absolute Gasteiger partial charge is 0.411 e. The third-order valence-corrected chi connectivity index (χ3v) is 4.26. The van der Waals surface area contributed by atoms with Crippen LogP contribution in [0.1, 0.15) is 6.92 Å². The van der Waals surface area contributed by atoms with Crippen LogP contribution in [0.25, 0.3) is 0 Å². The van der Waals surface area contributed by atoms with Crippen molar-refractivity contribution in [1.82, 2.24) is 0 Å². The van der Waals surface area contributed by atoms with E-state index in [1.807, 2.05) is 0 Å². The summed E-state index contributed by atoms with van der Waals surface area (Å²) in [5, 5.41) is 13.8. The first-order valence-corrected chi connectivity index (χ1v) is 7.24. The molecule has 0 aliphatic carbocycles. The topological polar surface area (TPSA) is 81.5 Å². The Bertz CT molecular complexity index is 650. The minimum atomic E-state index is -1.01. The van der Waals surface area contributed by atoms with Crippen molar-refractivity contribution in [3.63, 3.8) is 0 Å². The molecule has 1 aromatic carbocycles. The zero-order chi connectivity index (χ0) is 15.6. The van der Waals surface area contributed by atoms with Gasteiger partial charge in [0.1, 0.15) is 11.5 Å². The molecule has 0 bridgehead atoms. The highest BCUT2D eigenvalue weighted by Crippen LogP contribution is 2.41. The lowest BCUT2D eigenvalue weighted by molar-refractivity contribution is -0.422. The highest BCUT2D eigenvalue weighted by molar-refractivity contribution is 7.99. The number of fused-ring (bicyclic) bond motifs is 1. The highest BCUT2D eigenvalue weighted by Gasteiger charge is 2.32. The minimum absolute atomic E-state index is 0.0320. The number of halogens is 2. The van der Waals surface area contributed by atoms with Crippen LogP contribution in [0.15, 0.2) is 28.4 Å². The Morgan fingerprint density at radius 3 is 2.95 bits per heavy atom. The number of thioether (sulfide) groups is 1. The summed E-state index contributed by atoms with van der Waals surface area (Å²) < 4.78 is 18.0. The molecule has 2 rings (SSSR count). The number of ether oxygens (including phenoxy) is 1. The summed E-state index contributed by atoms with van der Waals surface area (Å²) in [7, 11) is 0. The third kappa shape index (κ3) is 3.11. The Morgan fingerprint density at radius 2 is 2.33 bits per heavy atom. The molecule has 0 radical (unpaired) electrons. The molecule has 0 fully saturated rings. The van der Waals surface area contributed by atoms with E-state index in [1.54, 1.807) is 6.92 Å². The summed E-state index contributed by atoms with van der Waals surface area (Å²) in [6, 6.07) is 2.55. The normalized spacial score (nSPS) is 15.8. The van der Waals surface area contributed by atoms with Gasteiger partial charge in [-0.25, -0.2) is 9.18 Å². The van der Waals surface area contributed by atoms with Gasteiger partial charge in [0, 0.05) is 5.75 Å². The average Bonchev–Trinajstić information content (AvgIpc) is 2.43. The van der Waals surface area contributed by atoms with Crippen LogP contribution in [0.3, 0.4) is 0 Å². The maximum absolute atomic E-state index is 13.4. The standard InChI is InChI=1S/C12H10ClFN2O4S/c1-2-20-12(17)10(16(18)19)8-5-21-11-7(15-8)4-3-6(14)9(11)13/h3-4,15H,2,5H2,1H3/b10-8-. The zero-order valence-corrected chi connectivity index (χ0v) is 12.4. The fraction of sp³-hybridized carbons (Fsp3) is 0.250. The van der Waals surface area contributed by atoms with E-state index in [0.717, 1.165) is 17.8 Å². The highest BCUT2D eigenvalue weighted by atomic mass is 35.5. The molecule has 1 aliphatic heterocycles. The second-order valence-corrected chi connectivity index (χ2v) is 5.32. The lowest BCUT2D eigenvalue weighted by Gasteiger charge is -2.21. The molecular formula is C12H10ClFN2O4S. The van der Waals surface area contributed by atoms with E-state index in [4.69, 9.17) is 11.6 Å². The molecule has 6 nitrogen and oxygen atoms in total. The number of carbonyl (C=O) groups excluding carboxylic acids is 1. The van der Waals surface area contributed by atoms with Gasteiger partial charge in [-0.3, -0.25) is 10.1 Å². The molecule has 112 valence electrons. The molecular weight excluding hydrogens is 323 g/mol. The Hall–Kier alpha value is -1.80. The Balaban J connectivity index is 2.42. The number of carbonyl (C=O) groups is 1. The molecule has 0 amide bonds. The molecule has 1 aliphatic rings. The van der Waals surface area contributed by atoms with E-state index in [9.17, 15) is 19.3 Å². The van der Waals surface area contributed by atoms with Gasteiger partial charge in [0.05, 0.1) is 27.1 Å². The summed E-state index contributed by atoms with van der Waals surface area (Å²) >= 11 is 6.95. The van der Waals surface area contributed by atoms with Crippen LogP contribution in [-0.2, 0) is 9.53 Å². The third-order valence-electron chi connectivity index (χ3n) is 2.63. The van der Waals surface area contributed by atoms with Crippen LogP contribution in [0.2, 0.25) is 5.02 Å². The van der Waals surface area contributed by atoms with Crippen molar-refractivity contribution in [2.75, 3.05) is 17.7 Å². The van der Waals surface area contributed by atoms with E-state index >= 15 is 0 Å². The number of benzene rings is 1. The Morgan fingerprint density at radius 1 is 1.62 bits per heavy atom. The van der Waals surface area contributed by atoms with Gasteiger partial charge in [-0.2, -0.15) is 0 Å². The molecule has 1 aromatic rings. The van der Waals surface area contributed by atoms with Gasteiger partial charge in [-0.1, -0.05) is 11.6 Å². The van der Waals surface area contributed by atoms with Crippen molar-refractivity contribution in [2.45, 2.75) is 11.8 Å². The molecule has 0 atom stereocenters. The summed E-state index contributed by atoms with van der Waals surface area (Å²) in [6.07, 6.45) is 0. The van der Waals surface area contributed by atoms with E-state index in [1.165, 1.54) is 6.07 Å². The molecule has 9 heteroatoms. The van der Waals surface area contributed by atoms with Gasteiger partial charge in [0.15, 0.2) is 0 Å². The number of nitrogens with one attached hydrogen (secondary N) is 1. The van der Waals surface area contributed by atoms with Crippen LogP contribution in [0.5, 0.6) is 0 Å². The number of hydrogen-bond donors (Lipinski definition) is 1. The van der Waals surface area contributed by atoms with Gasteiger partial charge in [0.25, 0.3) is 0 Å². The molecule has 21 heavy (non-hydrogen) atoms. The second-order valence-electron chi connectivity index (χ2n) is 3.96. The minimum Gasteiger partial charge on any atom is -0.458 e. The van der Waals surface area contributed by atoms with E-state index < -0.39 is 22.4 Å². The number of hydrogen-bond acceptors (Lipinski definition) is 6. The number of nitrogens with zero attached hydrogens (tertiary/aromatic N) is 1. The summed E-state index contributed by atoms with van der Waals surface area (Å²) in [6.45, 7) is 1.59. The first-order valence-electron chi connectivity index (χ1n) is 5.88. The summed E-state index contributed by atoms with van der Waals surface area (Å²) in [5.41, 5.74) is -0.148. The molecule has 0 spiro atoms. The largest absolute Gasteiger partial charge is 0.458 e. The number of anilines is 1. The van der Waals surface area contributed by atoms with E-state index in [0.29, 0.717) is 10.6 Å². The van der Waals surface area contributed by atoms with Gasteiger partial charge >= 0.3 is 11.7 Å². The van der Waals surface area contributed by atoms with Crippen LogP contribution >= 0.6 is 23.4 Å². The van der Waals surface area contributed by atoms with Crippen LogP contribution in [0, 0.1) is 15.9 Å². The molecule has 1 heterocycles. The Kier molecular flexibility index (Phi) is 4.69. The first kappa shape index (κ1) is 15.6. The van der Waals surface area contributed by atoms with Gasteiger partial charge in [-0.05, 0) is 19.1 Å². The van der Waals surface area contributed by atoms with Gasteiger partial charge in [-0.15, -0.1) is 11.8 Å². The molecule has 0 aromatic heterocycles. The predicted molar refractivity (Wildman–Crippen MR) is 76.4 cm³/mol. The first-order chi connectivity index (χ1) is 9.95. The SMILES string of the molecule is CCOC(=O)/C(=C1\CSc2c(ccc(F)c2Cl)N1)[N+](=O)[O-]. The molecule has 1 N–H and O–H groups in total. The van der Waals surface area contributed by atoms with Crippen LogP contribution in [-0.4, -0.2) is 23.3 Å². The van der Waals surface area contributed by atoms with E-state index in [2.05, 4.69) is 10.1 Å². The molecule has 0 unspecified atom stereocenters. The second kappa shape index (κ2) is 6.31. The lowest BCUT2D eigenvalue weighted by atomic mass is 10.2. The van der Waals surface area contributed by atoms with Crippen molar-refractivity contribution in [1.29, 1.82) is 0 Å². The van der Waals surface area contributed by atoms with E-state index in [-0.39, 0.29) is 23.1 Å². The average molecular weight is 333 g/mol. The number of esters is 1. The van der Waals surface area contributed by atoms with Crippen molar-refractivity contribution in [2.24, 2.45) is 0 Å². The number of nitro groups is 1. The maximum atomic E-state index is 13.4. The lowest BCUT2D eigenvalue weighted by Crippen LogP contribution is -2.23. The fourth-order valence-corrected chi connectivity index (χ4v) is 3.07. The van der Waals surface area contributed by atoms with Crippen molar-refractivity contribution < 1.29 is 18.8 Å². The van der Waals surface area contributed by atoms with Gasteiger partial charge in [0.2, 0.25) is 0 Å². The molecule has 0 saturated heterocycles. The van der Waals surface area contributed by atoms with Crippen LogP contribution in [0.4, 0.5) is 10.1 Å². The van der Waals surface area contributed by atoms with Crippen molar-refractivity contribution >= 4 is 35.0 Å². The zero-order valence-electron chi connectivity index (χ0n) is 10.8. The van der Waals surface area contributed by atoms with Crippen molar-refractivity contribution in [3.8, 4) is 0 Å². The summed E-state index contributed by atoms with van der Waals surface area (Å²) in [5.74, 6) is -1.50. The quantitative estimate of drug-likeness (QED) is 0.396. The van der Waals surface area contributed by atoms with Crippen LogP contribution < -0.4 is 5.32 Å². The van der Waals surface area contributed by atoms with Gasteiger partial charge < -0.3 is 10.1 Å². The number of rotatable bonds is 3. The monoisotopic (exact) mass is 332 g/mol. The van der Waals surface area contributed by atoms with Crippen molar-refractivity contribution in [3.05, 3.63) is 44.5 Å². The maximum Gasteiger partial charge on any atom is 0.411 e. The molecule has 0 saturated carbocycles.